The third kappa shape index (κ3) is 5.79. The van der Waals surface area contributed by atoms with Gasteiger partial charge in [-0.2, -0.15) is 0 Å². The summed E-state index contributed by atoms with van der Waals surface area (Å²) >= 11 is 1.83. The molecule has 1 aromatic heterocycles. The summed E-state index contributed by atoms with van der Waals surface area (Å²) in [4.78, 5) is 7.37. The molecule has 0 atom stereocenters. The number of ether oxygens (including phenoxy) is 3. The van der Waals surface area contributed by atoms with Gasteiger partial charge in [0.25, 0.3) is 0 Å². The van der Waals surface area contributed by atoms with Crippen molar-refractivity contribution >= 4 is 17.3 Å². The van der Waals surface area contributed by atoms with Gasteiger partial charge in [-0.1, -0.05) is 6.92 Å². The maximum absolute atomic E-state index is 5.48. The van der Waals surface area contributed by atoms with Crippen LogP contribution < -0.4 is 24.8 Å². The molecule has 0 radical (unpaired) electrons. The predicted octanol–water partition coefficient (Wildman–Crippen LogP) is 3.59. The molecule has 0 aliphatic heterocycles. The van der Waals surface area contributed by atoms with Crippen molar-refractivity contribution in [2.75, 3.05) is 27.9 Å². The molecule has 148 valence electrons. The van der Waals surface area contributed by atoms with Gasteiger partial charge < -0.3 is 24.8 Å². The first-order chi connectivity index (χ1) is 13.1. The molecule has 7 heteroatoms. The molecule has 2 rings (SSSR count). The zero-order chi connectivity index (χ0) is 19.6. The minimum absolute atomic E-state index is 0.462. The third-order valence-corrected chi connectivity index (χ3v) is 5.26. The Kier molecular flexibility index (Phi) is 8.26. The number of methoxy groups -OCH3 is 3. The average molecular weight is 392 g/mol. The molecule has 0 aliphatic carbocycles. The lowest BCUT2D eigenvalue weighted by molar-refractivity contribution is 0.347. The summed E-state index contributed by atoms with van der Waals surface area (Å²) < 4.78 is 16.2. The molecular formula is C20H29N3O3S. The fraction of sp³-hybridized carbons (Fsp3) is 0.450. The number of guanidine groups is 1. The Labute approximate surface area is 165 Å². The first-order valence-corrected chi connectivity index (χ1v) is 9.85. The molecule has 1 heterocycles. The molecule has 1 aromatic carbocycles. The fourth-order valence-corrected chi connectivity index (χ4v) is 3.50. The normalized spacial score (nSPS) is 11.2. The SMILES string of the molecule is CCNC(=NCc1cc(OC)c(OC)cc1OC)NCc1ccc(CC)s1. The van der Waals surface area contributed by atoms with Crippen molar-refractivity contribution in [1.82, 2.24) is 10.6 Å². The van der Waals surface area contributed by atoms with Crippen molar-refractivity contribution < 1.29 is 14.2 Å². The van der Waals surface area contributed by atoms with Gasteiger partial charge in [0, 0.05) is 27.9 Å². The summed E-state index contributed by atoms with van der Waals surface area (Å²) in [5.41, 5.74) is 0.928. The van der Waals surface area contributed by atoms with Crippen LogP contribution in [-0.4, -0.2) is 33.8 Å². The van der Waals surface area contributed by atoms with Crippen LogP contribution in [0, 0.1) is 0 Å². The average Bonchev–Trinajstić information content (AvgIpc) is 3.17. The van der Waals surface area contributed by atoms with Crippen LogP contribution in [0.2, 0.25) is 0 Å². The van der Waals surface area contributed by atoms with Crippen LogP contribution in [0.1, 0.15) is 29.2 Å². The summed E-state index contributed by atoms with van der Waals surface area (Å²) in [7, 11) is 4.87. The van der Waals surface area contributed by atoms with Crippen molar-refractivity contribution in [3.63, 3.8) is 0 Å². The van der Waals surface area contributed by atoms with Gasteiger partial charge in [0.2, 0.25) is 0 Å². The molecular weight excluding hydrogens is 362 g/mol. The van der Waals surface area contributed by atoms with Gasteiger partial charge in [-0.25, -0.2) is 4.99 Å². The number of hydrogen-bond acceptors (Lipinski definition) is 5. The van der Waals surface area contributed by atoms with E-state index in [-0.39, 0.29) is 0 Å². The highest BCUT2D eigenvalue weighted by molar-refractivity contribution is 7.11. The number of nitrogens with one attached hydrogen (secondary N) is 2. The summed E-state index contributed by atoms with van der Waals surface area (Å²) in [6.07, 6.45) is 1.07. The quantitative estimate of drug-likeness (QED) is 0.505. The number of nitrogens with zero attached hydrogens (tertiary/aromatic N) is 1. The second-order valence-corrected chi connectivity index (χ2v) is 7.04. The summed E-state index contributed by atoms with van der Waals surface area (Å²) in [5.74, 6) is 2.78. The van der Waals surface area contributed by atoms with Gasteiger partial charge in [-0.3, -0.25) is 0 Å². The van der Waals surface area contributed by atoms with Crippen LogP contribution in [0.5, 0.6) is 17.2 Å². The Morgan fingerprint density at radius 3 is 2.19 bits per heavy atom. The number of benzene rings is 1. The number of aliphatic imine (C=N–C) groups is 1. The molecule has 2 N–H and O–H groups in total. The third-order valence-electron chi connectivity index (χ3n) is 4.03. The second-order valence-electron chi connectivity index (χ2n) is 5.79. The first-order valence-electron chi connectivity index (χ1n) is 9.03. The van der Waals surface area contributed by atoms with Gasteiger partial charge in [0.1, 0.15) is 5.75 Å². The highest BCUT2D eigenvalue weighted by Gasteiger charge is 2.12. The second kappa shape index (κ2) is 10.7. The standard InChI is InChI=1S/C20H29N3O3S/c1-6-15-8-9-16(27-15)13-23-20(21-7-2)22-12-14-10-18(25-4)19(26-5)11-17(14)24-3/h8-11H,6-7,12-13H2,1-5H3,(H2,21,22,23). The van der Waals surface area contributed by atoms with Crippen molar-refractivity contribution in [2.45, 2.75) is 33.4 Å². The minimum Gasteiger partial charge on any atom is -0.496 e. The Hall–Kier alpha value is -2.41. The van der Waals surface area contributed by atoms with Gasteiger partial charge in [0.15, 0.2) is 17.5 Å². The Balaban J connectivity index is 2.13. The van der Waals surface area contributed by atoms with Gasteiger partial charge >= 0.3 is 0 Å². The van der Waals surface area contributed by atoms with E-state index in [9.17, 15) is 0 Å². The summed E-state index contributed by atoms with van der Waals surface area (Å²) in [6.45, 7) is 6.22. The van der Waals surface area contributed by atoms with E-state index >= 15 is 0 Å². The molecule has 0 amide bonds. The van der Waals surface area contributed by atoms with E-state index in [1.54, 1.807) is 21.3 Å². The van der Waals surface area contributed by atoms with Gasteiger partial charge in [-0.05, 0) is 31.5 Å². The number of thiophene rings is 1. The summed E-state index contributed by atoms with van der Waals surface area (Å²) in [5, 5.41) is 6.67. The van der Waals surface area contributed by atoms with E-state index in [0.29, 0.717) is 18.0 Å². The summed E-state index contributed by atoms with van der Waals surface area (Å²) in [6, 6.07) is 8.07. The molecule has 2 aromatic rings. The Morgan fingerprint density at radius 1 is 0.926 bits per heavy atom. The largest absolute Gasteiger partial charge is 0.496 e. The molecule has 0 bridgehead atoms. The molecule has 27 heavy (non-hydrogen) atoms. The molecule has 6 nitrogen and oxygen atoms in total. The zero-order valence-electron chi connectivity index (χ0n) is 16.7. The van der Waals surface area contributed by atoms with Crippen molar-refractivity contribution in [3.8, 4) is 17.2 Å². The first kappa shape index (κ1) is 20.9. The fourth-order valence-electron chi connectivity index (χ4n) is 2.60. The van der Waals surface area contributed by atoms with Crippen molar-refractivity contribution in [3.05, 3.63) is 39.6 Å². The Bertz CT molecular complexity index is 759. The van der Waals surface area contributed by atoms with Crippen LogP contribution >= 0.6 is 11.3 Å². The van der Waals surface area contributed by atoms with E-state index < -0.39 is 0 Å². The van der Waals surface area contributed by atoms with E-state index in [1.807, 2.05) is 23.5 Å². The van der Waals surface area contributed by atoms with Crippen molar-refractivity contribution in [2.24, 2.45) is 4.99 Å². The maximum atomic E-state index is 5.48. The highest BCUT2D eigenvalue weighted by atomic mass is 32.1. The monoisotopic (exact) mass is 391 g/mol. The van der Waals surface area contributed by atoms with E-state index in [0.717, 1.165) is 36.8 Å². The Morgan fingerprint density at radius 2 is 1.59 bits per heavy atom. The molecule has 0 saturated carbocycles. The number of rotatable bonds is 9. The van der Waals surface area contributed by atoms with Crippen LogP contribution in [0.4, 0.5) is 0 Å². The lowest BCUT2D eigenvalue weighted by Gasteiger charge is -2.14. The van der Waals surface area contributed by atoms with Crippen LogP contribution in [-0.2, 0) is 19.5 Å². The van der Waals surface area contributed by atoms with E-state index in [1.165, 1.54) is 9.75 Å². The van der Waals surface area contributed by atoms with E-state index in [4.69, 9.17) is 14.2 Å². The molecule has 0 spiro atoms. The molecule has 0 fully saturated rings. The highest BCUT2D eigenvalue weighted by Crippen LogP contribution is 2.34. The maximum Gasteiger partial charge on any atom is 0.191 e. The number of hydrogen-bond donors (Lipinski definition) is 2. The smallest absolute Gasteiger partial charge is 0.191 e. The molecule has 0 aliphatic rings. The zero-order valence-corrected chi connectivity index (χ0v) is 17.5. The van der Waals surface area contributed by atoms with Crippen LogP contribution in [0.15, 0.2) is 29.3 Å². The number of aryl methyl sites for hydroxylation is 1. The van der Waals surface area contributed by atoms with Crippen LogP contribution in [0.25, 0.3) is 0 Å². The molecule has 0 unspecified atom stereocenters. The van der Waals surface area contributed by atoms with Gasteiger partial charge in [-0.15, -0.1) is 11.3 Å². The van der Waals surface area contributed by atoms with E-state index in [2.05, 4.69) is 41.6 Å². The van der Waals surface area contributed by atoms with Crippen LogP contribution in [0.3, 0.4) is 0 Å². The topological polar surface area (TPSA) is 64.1 Å². The molecule has 0 saturated heterocycles. The minimum atomic E-state index is 0.462. The lowest BCUT2D eigenvalue weighted by atomic mass is 10.1. The van der Waals surface area contributed by atoms with Crippen molar-refractivity contribution in [1.29, 1.82) is 0 Å². The lowest BCUT2D eigenvalue weighted by Crippen LogP contribution is -2.36. The predicted molar refractivity (Wildman–Crippen MR) is 111 cm³/mol. The van der Waals surface area contributed by atoms with Gasteiger partial charge in [0.05, 0.1) is 34.4 Å².